The van der Waals surface area contributed by atoms with E-state index in [-0.39, 0.29) is 11.8 Å². The number of carbonyl (C=O) groups is 1. The van der Waals surface area contributed by atoms with Gasteiger partial charge in [0.1, 0.15) is 0 Å². The second kappa shape index (κ2) is 5.29. The zero-order chi connectivity index (χ0) is 16.2. The minimum absolute atomic E-state index is 0.102. The molecule has 3 saturated heterocycles. The molecule has 3 heterocycles. The summed E-state index contributed by atoms with van der Waals surface area (Å²) in [7, 11) is -3.24. The van der Waals surface area contributed by atoms with Crippen molar-refractivity contribution in [3.63, 3.8) is 0 Å². The summed E-state index contributed by atoms with van der Waals surface area (Å²) in [6.07, 6.45) is 7.84. The first-order valence-corrected chi connectivity index (χ1v) is 10.4. The minimum atomic E-state index is -3.24. The van der Waals surface area contributed by atoms with E-state index in [1.165, 1.54) is 10.6 Å². The number of rotatable bonds is 2. The quantitative estimate of drug-likeness (QED) is 0.713. The normalized spacial score (nSPS) is 40.4. The Morgan fingerprint density at radius 2 is 1.83 bits per heavy atom. The Labute approximate surface area is 137 Å². The Morgan fingerprint density at radius 3 is 2.43 bits per heavy atom. The highest BCUT2D eigenvalue weighted by molar-refractivity contribution is 7.88. The van der Waals surface area contributed by atoms with Crippen LogP contribution in [0.25, 0.3) is 0 Å². The van der Waals surface area contributed by atoms with Crippen molar-refractivity contribution >= 4 is 15.9 Å². The molecule has 4 atom stereocenters. The average molecular weight is 339 g/mol. The monoisotopic (exact) mass is 339 g/mol. The van der Waals surface area contributed by atoms with Gasteiger partial charge in [-0.2, -0.15) is 0 Å². The van der Waals surface area contributed by atoms with E-state index in [4.69, 9.17) is 0 Å². The Morgan fingerprint density at radius 1 is 1.17 bits per heavy atom. The van der Waals surface area contributed by atoms with Crippen molar-refractivity contribution in [3.05, 3.63) is 12.2 Å². The number of allylic oxidation sites excluding steroid dienone is 2. The third-order valence-corrected chi connectivity index (χ3v) is 7.51. The van der Waals surface area contributed by atoms with Gasteiger partial charge in [-0.15, -0.1) is 0 Å². The molecule has 6 nitrogen and oxygen atoms in total. The molecule has 1 N–H and O–H groups in total. The van der Waals surface area contributed by atoms with Crippen molar-refractivity contribution in [2.45, 2.75) is 12.8 Å². The van der Waals surface area contributed by atoms with Gasteiger partial charge in [0.2, 0.25) is 15.9 Å². The van der Waals surface area contributed by atoms with Crippen LogP contribution in [0.4, 0.5) is 0 Å². The second-order valence-corrected chi connectivity index (χ2v) is 9.70. The van der Waals surface area contributed by atoms with Gasteiger partial charge in [0.05, 0.1) is 11.7 Å². The molecule has 3 aliphatic heterocycles. The Bertz CT molecular complexity index is 631. The molecule has 0 aromatic rings. The molecule has 0 unspecified atom stereocenters. The lowest BCUT2D eigenvalue weighted by Gasteiger charge is -2.31. The lowest BCUT2D eigenvalue weighted by Crippen LogP contribution is -2.49. The molecule has 0 aromatic carbocycles. The molecule has 3 fully saturated rings. The van der Waals surface area contributed by atoms with Crippen molar-refractivity contribution in [1.29, 1.82) is 0 Å². The fourth-order valence-corrected chi connectivity index (χ4v) is 5.84. The summed E-state index contributed by atoms with van der Waals surface area (Å²) < 4.78 is 25.4. The van der Waals surface area contributed by atoms with Crippen LogP contribution in [-0.2, 0) is 14.8 Å². The molecule has 1 aliphatic carbocycles. The number of sulfonamides is 1. The maximum absolute atomic E-state index is 13.3. The molecule has 7 heteroatoms. The lowest BCUT2D eigenvalue weighted by molar-refractivity contribution is -0.140. The van der Waals surface area contributed by atoms with Crippen molar-refractivity contribution in [1.82, 2.24) is 14.5 Å². The number of fused-ring (bicyclic) bond motifs is 2. The highest BCUT2D eigenvalue weighted by Crippen LogP contribution is 2.43. The van der Waals surface area contributed by atoms with E-state index >= 15 is 0 Å². The number of carbonyl (C=O) groups excluding carboxylic acids is 1. The Balaban J connectivity index is 1.55. The minimum Gasteiger partial charge on any atom is -0.342 e. The molecule has 1 amide bonds. The summed E-state index contributed by atoms with van der Waals surface area (Å²) in [6.45, 7) is 3.82. The summed E-state index contributed by atoms with van der Waals surface area (Å²) in [5, 5.41) is 3.32. The highest BCUT2D eigenvalue weighted by atomic mass is 32.2. The van der Waals surface area contributed by atoms with Gasteiger partial charge in [-0.1, -0.05) is 12.2 Å². The van der Waals surface area contributed by atoms with Crippen LogP contribution in [0.15, 0.2) is 12.2 Å². The lowest BCUT2D eigenvalue weighted by atomic mass is 9.79. The summed E-state index contributed by atoms with van der Waals surface area (Å²) in [5.74, 6) is 1.44. The third kappa shape index (κ3) is 2.44. The number of hydrogen-bond acceptors (Lipinski definition) is 4. The van der Waals surface area contributed by atoms with Gasteiger partial charge in [-0.3, -0.25) is 4.79 Å². The smallest absolute Gasteiger partial charge is 0.231 e. The molecular formula is C16H25N3O3S. The summed E-state index contributed by atoms with van der Waals surface area (Å²) in [4.78, 5) is 15.3. The van der Waals surface area contributed by atoms with E-state index in [1.54, 1.807) is 0 Å². The van der Waals surface area contributed by atoms with Gasteiger partial charge < -0.3 is 10.2 Å². The summed E-state index contributed by atoms with van der Waals surface area (Å²) in [5.41, 5.74) is -0.552. The van der Waals surface area contributed by atoms with E-state index in [0.717, 1.165) is 32.5 Å². The van der Waals surface area contributed by atoms with Crippen LogP contribution in [0.3, 0.4) is 0 Å². The third-order valence-electron chi connectivity index (χ3n) is 6.30. The van der Waals surface area contributed by atoms with E-state index in [1.807, 2.05) is 4.90 Å². The van der Waals surface area contributed by atoms with Crippen molar-refractivity contribution < 1.29 is 13.2 Å². The fourth-order valence-electron chi connectivity index (χ4n) is 4.92. The number of amides is 1. The molecule has 0 radical (unpaired) electrons. The first kappa shape index (κ1) is 15.6. The topological polar surface area (TPSA) is 69.7 Å². The fraction of sp³-hybridized carbons (Fsp3) is 0.812. The largest absolute Gasteiger partial charge is 0.342 e. The summed E-state index contributed by atoms with van der Waals surface area (Å²) in [6, 6.07) is 0. The molecule has 4 aliphatic rings. The van der Waals surface area contributed by atoms with Crippen LogP contribution >= 0.6 is 0 Å². The van der Waals surface area contributed by atoms with Crippen LogP contribution in [0, 0.1) is 23.2 Å². The van der Waals surface area contributed by atoms with Crippen molar-refractivity contribution in [2.75, 3.05) is 45.5 Å². The molecule has 128 valence electrons. The van der Waals surface area contributed by atoms with Crippen LogP contribution < -0.4 is 5.32 Å². The van der Waals surface area contributed by atoms with Crippen LogP contribution in [-0.4, -0.2) is 69.1 Å². The molecule has 4 rings (SSSR count). The van der Waals surface area contributed by atoms with E-state index < -0.39 is 15.4 Å². The summed E-state index contributed by atoms with van der Waals surface area (Å²) >= 11 is 0. The van der Waals surface area contributed by atoms with Crippen LogP contribution in [0.1, 0.15) is 12.8 Å². The standard InChI is InChI=1S/C16H25N3O3S/c1-23(21,22)19-9-14-6-17-10-16(14,11-19)15(20)18-7-12-4-2-3-5-13(12)8-18/h2-3,12-14,17H,4-11H2,1H3/t12-,13+,14-,16-/m1/s1. The molecule has 0 spiro atoms. The number of hydrogen-bond donors (Lipinski definition) is 1. The maximum atomic E-state index is 13.3. The molecule has 0 saturated carbocycles. The van der Waals surface area contributed by atoms with E-state index in [9.17, 15) is 13.2 Å². The first-order chi connectivity index (χ1) is 10.9. The number of nitrogens with zero attached hydrogens (tertiary/aromatic N) is 2. The Hall–Kier alpha value is -0.920. The van der Waals surface area contributed by atoms with Crippen molar-refractivity contribution in [3.8, 4) is 0 Å². The van der Waals surface area contributed by atoms with Gasteiger partial charge in [0.25, 0.3) is 0 Å². The van der Waals surface area contributed by atoms with Crippen LogP contribution in [0.2, 0.25) is 0 Å². The Kier molecular flexibility index (Phi) is 3.59. The maximum Gasteiger partial charge on any atom is 0.231 e. The van der Waals surface area contributed by atoms with Gasteiger partial charge in [-0.25, -0.2) is 12.7 Å². The second-order valence-electron chi connectivity index (χ2n) is 7.71. The highest BCUT2D eigenvalue weighted by Gasteiger charge is 2.58. The zero-order valence-corrected chi connectivity index (χ0v) is 14.4. The predicted octanol–water partition coefficient (Wildman–Crippen LogP) is -0.108. The van der Waals surface area contributed by atoms with Gasteiger partial charge >= 0.3 is 0 Å². The van der Waals surface area contributed by atoms with E-state index in [2.05, 4.69) is 17.5 Å². The van der Waals surface area contributed by atoms with E-state index in [0.29, 0.717) is 31.5 Å². The van der Waals surface area contributed by atoms with Crippen LogP contribution in [0.5, 0.6) is 0 Å². The predicted molar refractivity (Wildman–Crippen MR) is 87.1 cm³/mol. The van der Waals surface area contributed by atoms with Gasteiger partial charge in [0.15, 0.2) is 0 Å². The van der Waals surface area contributed by atoms with Gasteiger partial charge in [-0.05, 0) is 24.7 Å². The molecule has 0 aromatic heterocycles. The molecule has 0 bridgehead atoms. The molecular weight excluding hydrogens is 314 g/mol. The number of nitrogens with one attached hydrogen (secondary N) is 1. The zero-order valence-electron chi connectivity index (χ0n) is 13.6. The van der Waals surface area contributed by atoms with Gasteiger partial charge in [0, 0.05) is 45.2 Å². The molecule has 23 heavy (non-hydrogen) atoms. The first-order valence-electron chi connectivity index (χ1n) is 8.50. The average Bonchev–Trinajstić information content (AvgIpc) is 3.17. The SMILES string of the molecule is CS(=O)(=O)N1C[C@H]2CNC[C@@]2(C(=O)N2C[C@H]3CC=CC[C@H]3C2)C1. The van der Waals surface area contributed by atoms with Crippen molar-refractivity contribution in [2.24, 2.45) is 23.2 Å². The number of likely N-dealkylation sites (tertiary alicyclic amines) is 1.